The van der Waals surface area contributed by atoms with Gasteiger partial charge in [0.05, 0.1) is 11.6 Å². The zero-order valence-corrected chi connectivity index (χ0v) is 9.73. The predicted molar refractivity (Wildman–Crippen MR) is 58.2 cm³/mol. The van der Waals surface area contributed by atoms with Crippen molar-refractivity contribution in [1.29, 1.82) is 0 Å². The quantitative estimate of drug-likeness (QED) is 0.881. The van der Waals surface area contributed by atoms with E-state index in [0.717, 1.165) is 16.8 Å². The Bertz CT molecular complexity index is 299. The molecule has 0 heterocycles. The Kier molecular flexibility index (Phi) is 3.75. The summed E-state index contributed by atoms with van der Waals surface area (Å²) in [6.45, 7) is 2.87. The summed E-state index contributed by atoms with van der Waals surface area (Å²) in [6, 6.07) is 4.16. The van der Waals surface area contributed by atoms with Crippen LogP contribution < -0.4 is 10.1 Å². The molecule has 2 nitrogen and oxygen atoms in total. The Balaban J connectivity index is 3.13. The van der Waals surface area contributed by atoms with Crippen LogP contribution in [0.2, 0.25) is 0 Å². The highest BCUT2D eigenvalue weighted by Crippen LogP contribution is 2.31. The summed E-state index contributed by atoms with van der Waals surface area (Å²) in [5, 5.41) is 3.10. The monoisotopic (exact) mass is 243 g/mol. The molecule has 0 unspecified atom stereocenters. The highest BCUT2D eigenvalue weighted by Gasteiger charge is 2.08. The number of halogens is 1. The number of hydrogen-bond donors (Lipinski definition) is 1. The van der Waals surface area contributed by atoms with Crippen molar-refractivity contribution in [2.24, 2.45) is 0 Å². The summed E-state index contributed by atoms with van der Waals surface area (Å²) in [7, 11) is 3.62. The molecule has 0 amide bonds. The molecule has 0 atom stereocenters. The van der Waals surface area contributed by atoms with Crippen LogP contribution in [0.5, 0.6) is 5.75 Å². The van der Waals surface area contributed by atoms with Crippen LogP contribution in [0, 0.1) is 6.92 Å². The molecular weight excluding hydrogens is 230 g/mol. The Morgan fingerprint density at radius 1 is 1.46 bits per heavy atom. The molecule has 0 radical (unpaired) electrons. The minimum absolute atomic E-state index is 0.821. The lowest BCUT2D eigenvalue weighted by atomic mass is 10.1. The van der Waals surface area contributed by atoms with Crippen molar-refractivity contribution < 1.29 is 4.74 Å². The summed E-state index contributed by atoms with van der Waals surface area (Å²) in [6.07, 6.45) is 0. The number of rotatable bonds is 3. The molecule has 0 aliphatic rings. The first kappa shape index (κ1) is 10.5. The highest BCUT2D eigenvalue weighted by atomic mass is 79.9. The van der Waals surface area contributed by atoms with Gasteiger partial charge in [-0.3, -0.25) is 0 Å². The van der Waals surface area contributed by atoms with Crippen LogP contribution >= 0.6 is 15.9 Å². The fourth-order valence-electron chi connectivity index (χ4n) is 1.24. The van der Waals surface area contributed by atoms with Gasteiger partial charge < -0.3 is 10.1 Å². The summed E-state index contributed by atoms with van der Waals surface area (Å²) in [4.78, 5) is 0. The highest BCUT2D eigenvalue weighted by molar-refractivity contribution is 9.10. The Morgan fingerprint density at radius 2 is 2.15 bits per heavy atom. The van der Waals surface area contributed by atoms with Gasteiger partial charge in [0.1, 0.15) is 5.75 Å². The second kappa shape index (κ2) is 4.63. The van der Waals surface area contributed by atoms with Gasteiger partial charge in [0.15, 0.2) is 0 Å². The molecule has 0 saturated heterocycles. The van der Waals surface area contributed by atoms with Gasteiger partial charge in [0, 0.05) is 12.1 Å². The van der Waals surface area contributed by atoms with Gasteiger partial charge in [-0.25, -0.2) is 0 Å². The molecule has 0 aliphatic carbocycles. The minimum atomic E-state index is 0.821. The number of nitrogens with one attached hydrogen (secondary N) is 1. The molecule has 1 aromatic carbocycles. The standard InChI is InChI=1S/C10H14BrNO/c1-7-4-5-8(6-12-2)10(13-3)9(7)11/h4-5,12H,6H2,1-3H3. The molecule has 13 heavy (non-hydrogen) atoms. The molecule has 72 valence electrons. The van der Waals surface area contributed by atoms with Crippen LogP contribution in [0.4, 0.5) is 0 Å². The maximum Gasteiger partial charge on any atom is 0.137 e. The largest absolute Gasteiger partial charge is 0.495 e. The van der Waals surface area contributed by atoms with Gasteiger partial charge in [-0.2, -0.15) is 0 Å². The fourth-order valence-corrected chi connectivity index (χ4v) is 1.79. The van der Waals surface area contributed by atoms with Gasteiger partial charge in [-0.1, -0.05) is 12.1 Å². The third-order valence-corrected chi connectivity index (χ3v) is 2.93. The van der Waals surface area contributed by atoms with Crippen molar-refractivity contribution in [2.75, 3.05) is 14.2 Å². The summed E-state index contributed by atoms with van der Waals surface area (Å²) < 4.78 is 6.37. The lowest BCUT2D eigenvalue weighted by Gasteiger charge is -2.11. The van der Waals surface area contributed by atoms with E-state index >= 15 is 0 Å². The molecule has 0 spiro atoms. The van der Waals surface area contributed by atoms with Crippen molar-refractivity contribution >= 4 is 15.9 Å². The second-order valence-corrected chi connectivity index (χ2v) is 3.71. The van der Waals surface area contributed by atoms with E-state index < -0.39 is 0 Å². The zero-order valence-electron chi connectivity index (χ0n) is 8.15. The molecular formula is C10H14BrNO. The summed E-state index contributed by atoms with van der Waals surface area (Å²) >= 11 is 3.51. The van der Waals surface area contributed by atoms with Crippen LogP contribution in [-0.2, 0) is 6.54 Å². The van der Waals surface area contributed by atoms with E-state index in [9.17, 15) is 0 Å². The maximum absolute atomic E-state index is 5.32. The van der Waals surface area contributed by atoms with Gasteiger partial charge in [-0.05, 0) is 35.5 Å². The Morgan fingerprint density at radius 3 is 2.69 bits per heavy atom. The third-order valence-electron chi connectivity index (χ3n) is 1.94. The predicted octanol–water partition coefficient (Wildman–Crippen LogP) is 2.49. The van der Waals surface area contributed by atoms with E-state index in [2.05, 4.69) is 40.3 Å². The Hall–Kier alpha value is -0.540. The molecule has 1 rings (SSSR count). The average Bonchev–Trinajstić information content (AvgIpc) is 2.12. The van der Waals surface area contributed by atoms with Gasteiger partial charge in [-0.15, -0.1) is 0 Å². The number of hydrogen-bond acceptors (Lipinski definition) is 2. The zero-order chi connectivity index (χ0) is 9.84. The molecule has 0 saturated carbocycles. The molecule has 0 aliphatic heterocycles. The van der Waals surface area contributed by atoms with Gasteiger partial charge in [0.2, 0.25) is 0 Å². The topological polar surface area (TPSA) is 21.3 Å². The van der Waals surface area contributed by atoms with Crippen LogP contribution in [-0.4, -0.2) is 14.2 Å². The first-order chi connectivity index (χ1) is 6.20. The normalized spacial score (nSPS) is 10.2. The van der Waals surface area contributed by atoms with Crippen LogP contribution in [0.3, 0.4) is 0 Å². The molecule has 1 N–H and O–H groups in total. The Labute approximate surface area is 87.4 Å². The van der Waals surface area contributed by atoms with Gasteiger partial charge in [0.25, 0.3) is 0 Å². The lowest BCUT2D eigenvalue weighted by molar-refractivity contribution is 0.405. The van der Waals surface area contributed by atoms with Gasteiger partial charge >= 0.3 is 0 Å². The van der Waals surface area contributed by atoms with Crippen molar-refractivity contribution in [3.63, 3.8) is 0 Å². The van der Waals surface area contributed by atoms with E-state index in [0.29, 0.717) is 0 Å². The van der Waals surface area contributed by atoms with E-state index in [4.69, 9.17) is 4.74 Å². The van der Waals surface area contributed by atoms with E-state index in [1.165, 1.54) is 11.1 Å². The number of ether oxygens (including phenoxy) is 1. The minimum Gasteiger partial charge on any atom is -0.495 e. The van der Waals surface area contributed by atoms with Crippen LogP contribution in [0.15, 0.2) is 16.6 Å². The maximum atomic E-state index is 5.32. The first-order valence-electron chi connectivity index (χ1n) is 4.17. The SMILES string of the molecule is CNCc1ccc(C)c(Br)c1OC. The third kappa shape index (κ3) is 2.23. The lowest BCUT2D eigenvalue weighted by Crippen LogP contribution is -2.07. The number of benzene rings is 1. The van der Waals surface area contributed by atoms with Crippen molar-refractivity contribution in [3.05, 3.63) is 27.7 Å². The molecule has 0 fully saturated rings. The number of aryl methyl sites for hydroxylation is 1. The van der Waals surface area contributed by atoms with Crippen LogP contribution in [0.1, 0.15) is 11.1 Å². The summed E-state index contributed by atoms with van der Waals surface area (Å²) in [5.41, 5.74) is 2.36. The molecule has 1 aromatic rings. The summed E-state index contributed by atoms with van der Waals surface area (Å²) in [5.74, 6) is 0.925. The van der Waals surface area contributed by atoms with Crippen molar-refractivity contribution in [3.8, 4) is 5.75 Å². The van der Waals surface area contributed by atoms with Crippen molar-refractivity contribution in [2.45, 2.75) is 13.5 Å². The first-order valence-corrected chi connectivity index (χ1v) is 4.96. The fraction of sp³-hybridized carbons (Fsp3) is 0.400. The smallest absolute Gasteiger partial charge is 0.137 e. The molecule has 0 bridgehead atoms. The van der Waals surface area contributed by atoms with E-state index in [-0.39, 0.29) is 0 Å². The number of methoxy groups -OCH3 is 1. The van der Waals surface area contributed by atoms with E-state index in [1.54, 1.807) is 7.11 Å². The molecule has 0 aromatic heterocycles. The second-order valence-electron chi connectivity index (χ2n) is 2.92. The van der Waals surface area contributed by atoms with E-state index in [1.807, 2.05) is 7.05 Å². The average molecular weight is 244 g/mol. The molecule has 3 heteroatoms. The van der Waals surface area contributed by atoms with Crippen LogP contribution in [0.25, 0.3) is 0 Å². The van der Waals surface area contributed by atoms with Crippen molar-refractivity contribution in [1.82, 2.24) is 5.32 Å².